The van der Waals surface area contributed by atoms with Crippen LogP contribution in [-0.2, 0) is 13.5 Å². The molecule has 0 aliphatic rings. The fourth-order valence-electron chi connectivity index (χ4n) is 3.73. The molecule has 31 heavy (non-hydrogen) atoms. The summed E-state index contributed by atoms with van der Waals surface area (Å²) in [6.07, 6.45) is 3.77. The number of imidazole rings is 1. The van der Waals surface area contributed by atoms with Gasteiger partial charge in [-0.25, -0.2) is 9.97 Å². The number of carbonyl (C=O) groups excluding carboxylic acids is 1. The van der Waals surface area contributed by atoms with E-state index in [-0.39, 0.29) is 5.78 Å². The Labute approximate surface area is 187 Å². The topological polar surface area (TPSA) is 57.0 Å². The van der Waals surface area contributed by atoms with Crippen LogP contribution >= 0.6 is 22.9 Å². The van der Waals surface area contributed by atoms with Crippen LogP contribution in [0.25, 0.3) is 21.0 Å². The van der Waals surface area contributed by atoms with Crippen molar-refractivity contribution in [1.82, 2.24) is 14.5 Å². The van der Waals surface area contributed by atoms with E-state index in [2.05, 4.69) is 28.2 Å². The number of hydrogen-bond acceptors (Lipinski definition) is 5. The summed E-state index contributed by atoms with van der Waals surface area (Å²) in [5.74, 6) is 0.389. The fraction of sp³-hybridized carbons (Fsp3) is 0.125. The smallest absolute Gasteiger partial charge is 0.218 e. The van der Waals surface area contributed by atoms with E-state index in [0.29, 0.717) is 34.1 Å². The van der Waals surface area contributed by atoms with Gasteiger partial charge in [0, 0.05) is 39.6 Å². The Morgan fingerprint density at radius 3 is 2.77 bits per heavy atom. The van der Waals surface area contributed by atoms with Crippen molar-refractivity contribution in [2.45, 2.75) is 6.42 Å². The second-order valence-corrected chi connectivity index (χ2v) is 8.84. The van der Waals surface area contributed by atoms with E-state index in [1.54, 1.807) is 60.8 Å². The average molecular weight is 448 g/mol. The number of methoxy groups -OCH3 is 1. The van der Waals surface area contributed by atoms with Gasteiger partial charge in [-0.15, -0.1) is 11.3 Å². The van der Waals surface area contributed by atoms with Gasteiger partial charge in [0.1, 0.15) is 5.69 Å². The summed E-state index contributed by atoms with van der Waals surface area (Å²) < 4.78 is 8.49. The number of pyridine rings is 1. The average Bonchev–Trinajstić information content (AvgIpc) is 3.40. The summed E-state index contributed by atoms with van der Waals surface area (Å²) in [5.41, 5.74) is 2.55. The first kappa shape index (κ1) is 19.7. The molecule has 154 valence electrons. The molecule has 7 heteroatoms. The number of benzene rings is 2. The highest BCUT2D eigenvalue weighted by molar-refractivity contribution is 7.19. The van der Waals surface area contributed by atoms with E-state index in [1.165, 1.54) is 15.0 Å². The minimum Gasteiger partial charge on any atom is -0.481 e. The zero-order valence-electron chi connectivity index (χ0n) is 16.9. The number of nitrogens with zero attached hydrogens (tertiary/aromatic N) is 3. The number of rotatable bonds is 5. The predicted octanol–water partition coefficient (Wildman–Crippen LogP) is 5.67. The van der Waals surface area contributed by atoms with E-state index < -0.39 is 0 Å². The second-order valence-electron chi connectivity index (χ2n) is 7.29. The minimum atomic E-state index is -0.111. The number of carbonyl (C=O) groups is 1. The van der Waals surface area contributed by atoms with Crippen molar-refractivity contribution in [3.63, 3.8) is 0 Å². The summed E-state index contributed by atoms with van der Waals surface area (Å²) in [6, 6.07) is 15.8. The number of aromatic nitrogens is 3. The molecule has 0 N–H and O–H groups in total. The van der Waals surface area contributed by atoms with Gasteiger partial charge in [0.15, 0.2) is 0 Å². The molecule has 0 unspecified atom stereocenters. The number of hydrogen-bond donors (Lipinski definition) is 0. The van der Waals surface area contributed by atoms with Crippen LogP contribution in [0.15, 0.2) is 61.1 Å². The van der Waals surface area contributed by atoms with Crippen molar-refractivity contribution < 1.29 is 9.53 Å². The SMILES string of the molecule is COc1nc2ccc(C(=O)c3cncn3C)cc2c(Cl)c1Cc1cc2ccccc2s1. The molecule has 3 heterocycles. The van der Waals surface area contributed by atoms with E-state index in [0.717, 1.165) is 10.9 Å². The Morgan fingerprint density at radius 1 is 1.19 bits per heavy atom. The number of fused-ring (bicyclic) bond motifs is 2. The maximum atomic E-state index is 12.9. The van der Waals surface area contributed by atoms with Crippen LogP contribution in [0.4, 0.5) is 0 Å². The Balaban J connectivity index is 1.61. The number of aryl methyl sites for hydroxylation is 1. The third kappa shape index (κ3) is 3.48. The second kappa shape index (κ2) is 7.80. The van der Waals surface area contributed by atoms with Gasteiger partial charge in [0.25, 0.3) is 0 Å². The zero-order chi connectivity index (χ0) is 21.5. The van der Waals surface area contributed by atoms with E-state index in [1.807, 2.05) is 12.1 Å². The summed E-state index contributed by atoms with van der Waals surface area (Å²) in [4.78, 5) is 22.8. The van der Waals surface area contributed by atoms with Crippen LogP contribution in [0.2, 0.25) is 5.02 Å². The lowest BCUT2D eigenvalue weighted by molar-refractivity contribution is 0.103. The molecule has 0 aliphatic carbocycles. The zero-order valence-corrected chi connectivity index (χ0v) is 18.5. The first-order valence-corrected chi connectivity index (χ1v) is 10.9. The van der Waals surface area contributed by atoms with Crippen molar-refractivity contribution in [3.8, 4) is 5.88 Å². The standard InChI is InChI=1S/C24H18ClN3O2S/c1-28-13-26-12-20(28)23(29)15-7-8-19-17(10-15)22(25)18(24(27-19)30-2)11-16-9-14-5-3-4-6-21(14)31-16/h3-10,12-13H,11H2,1-2H3. The lowest BCUT2D eigenvalue weighted by Gasteiger charge is -2.12. The van der Waals surface area contributed by atoms with Crippen LogP contribution in [0.3, 0.4) is 0 Å². The quantitative estimate of drug-likeness (QED) is 0.326. The first-order valence-electron chi connectivity index (χ1n) is 9.69. The number of ether oxygens (including phenoxy) is 1. The summed E-state index contributed by atoms with van der Waals surface area (Å²) in [5, 5.41) is 2.49. The molecule has 0 saturated carbocycles. The third-order valence-corrected chi connectivity index (χ3v) is 6.86. The molecule has 5 rings (SSSR count). The third-order valence-electron chi connectivity index (χ3n) is 5.31. The number of ketones is 1. The van der Waals surface area contributed by atoms with Crippen molar-refractivity contribution >= 4 is 49.7 Å². The highest BCUT2D eigenvalue weighted by atomic mass is 35.5. The maximum absolute atomic E-state index is 12.9. The minimum absolute atomic E-state index is 0.111. The van der Waals surface area contributed by atoms with E-state index in [4.69, 9.17) is 16.3 Å². The van der Waals surface area contributed by atoms with Crippen LogP contribution in [0.1, 0.15) is 26.5 Å². The van der Waals surface area contributed by atoms with Crippen LogP contribution in [0.5, 0.6) is 5.88 Å². The molecule has 0 saturated heterocycles. The molecule has 0 aliphatic heterocycles. The Bertz CT molecular complexity index is 1420. The predicted molar refractivity (Wildman–Crippen MR) is 125 cm³/mol. The van der Waals surface area contributed by atoms with Gasteiger partial charge in [-0.1, -0.05) is 29.8 Å². The van der Waals surface area contributed by atoms with Gasteiger partial charge >= 0.3 is 0 Å². The normalized spacial score (nSPS) is 11.3. The van der Waals surface area contributed by atoms with Crippen molar-refractivity contribution in [3.05, 3.63) is 87.8 Å². The van der Waals surface area contributed by atoms with E-state index in [9.17, 15) is 4.79 Å². The molecule has 0 amide bonds. The molecule has 5 aromatic rings. The van der Waals surface area contributed by atoms with Crippen molar-refractivity contribution in [2.75, 3.05) is 7.11 Å². The molecule has 0 fully saturated rings. The molecule has 0 atom stereocenters. The Morgan fingerprint density at radius 2 is 2.03 bits per heavy atom. The summed E-state index contributed by atoms with van der Waals surface area (Å²) in [6.45, 7) is 0. The summed E-state index contributed by atoms with van der Waals surface area (Å²) >= 11 is 8.59. The van der Waals surface area contributed by atoms with Crippen LogP contribution in [-0.4, -0.2) is 27.4 Å². The number of halogens is 1. The van der Waals surface area contributed by atoms with Crippen molar-refractivity contribution in [1.29, 1.82) is 0 Å². The molecule has 5 nitrogen and oxygen atoms in total. The lowest BCUT2D eigenvalue weighted by atomic mass is 10.0. The van der Waals surface area contributed by atoms with Gasteiger partial charge in [-0.3, -0.25) is 4.79 Å². The first-order chi connectivity index (χ1) is 15.0. The molecular weight excluding hydrogens is 430 g/mol. The molecular formula is C24H18ClN3O2S. The highest BCUT2D eigenvalue weighted by Crippen LogP contribution is 2.36. The van der Waals surface area contributed by atoms with Crippen LogP contribution < -0.4 is 4.74 Å². The maximum Gasteiger partial charge on any atom is 0.218 e. The molecule has 3 aromatic heterocycles. The van der Waals surface area contributed by atoms with Crippen LogP contribution in [0, 0.1) is 0 Å². The highest BCUT2D eigenvalue weighted by Gasteiger charge is 2.19. The molecule has 0 radical (unpaired) electrons. The lowest BCUT2D eigenvalue weighted by Crippen LogP contribution is -2.07. The van der Waals surface area contributed by atoms with Gasteiger partial charge < -0.3 is 9.30 Å². The fourth-order valence-corrected chi connectivity index (χ4v) is 5.10. The number of thiophene rings is 1. The summed E-state index contributed by atoms with van der Waals surface area (Å²) in [7, 11) is 3.39. The Kier molecular flexibility index (Phi) is 4.96. The molecule has 0 bridgehead atoms. The largest absolute Gasteiger partial charge is 0.481 e. The Hall–Kier alpha value is -3.22. The van der Waals surface area contributed by atoms with E-state index >= 15 is 0 Å². The van der Waals surface area contributed by atoms with Gasteiger partial charge in [0.2, 0.25) is 11.7 Å². The monoisotopic (exact) mass is 447 g/mol. The molecule has 2 aromatic carbocycles. The van der Waals surface area contributed by atoms with Gasteiger partial charge in [-0.2, -0.15) is 0 Å². The van der Waals surface area contributed by atoms with Gasteiger partial charge in [-0.05, 0) is 35.7 Å². The molecule has 0 spiro atoms. The van der Waals surface area contributed by atoms with Crippen molar-refractivity contribution in [2.24, 2.45) is 7.05 Å². The van der Waals surface area contributed by atoms with Gasteiger partial charge in [0.05, 0.1) is 30.2 Å².